The predicted octanol–water partition coefficient (Wildman–Crippen LogP) is 5.58. The molecule has 1 fully saturated rings. The normalized spacial score (nSPS) is 15.9. The van der Waals surface area contributed by atoms with Crippen molar-refractivity contribution in [1.82, 2.24) is 10.2 Å². The first-order chi connectivity index (χ1) is 13.2. The number of nitrogens with zero attached hydrogens (tertiary/aromatic N) is 1. The molecule has 2 aromatic rings. The minimum absolute atomic E-state index is 0.227. The van der Waals surface area contributed by atoms with E-state index in [2.05, 4.69) is 24.1 Å². The Morgan fingerprint density at radius 2 is 1.39 bits per heavy atom. The van der Waals surface area contributed by atoms with Crippen LogP contribution < -0.4 is 5.32 Å². The maximum atomic E-state index is 12.7. The first-order valence-corrected chi connectivity index (χ1v) is 9.93. The number of alkyl halides is 3. The van der Waals surface area contributed by atoms with Gasteiger partial charge in [0.25, 0.3) is 0 Å². The minimum atomic E-state index is -4.30. The van der Waals surface area contributed by atoms with Gasteiger partial charge in [-0.15, -0.1) is 0 Å². The van der Waals surface area contributed by atoms with Gasteiger partial charge in [-0.3, -0.25) is 0 Å². The van der Waals surface area contributed by atoms with Crippen molar-refractivity contribution in [2.24, 2.45) is 5.41 Å². The van der Waals surface area contributed by atoms with E-state index in [0.29, 0.717) is 0 Å². The Labute approximate surface area is 165 Å². The average molecular weight is 390 g/mol. The minimum Gasteiger partial charge on any atom is -0.312 e. The van der Waals surface area contributed by atoms with E-state index in [1.165, 1.54) is 43.6 Å². The van der Waals surface area contributed by atoms with Gasteiger partial charge in [0.15, 0.2) is 0 Å². The highest BCUT2D eigenvalue weighted by Crippen LogP contribution is 2.31. The largest absolute Gasteiger partial charge is 0.416 e. The lowest BCUT2D eigenvalue weighted by molar-refractivity contribution is -0.137. The fourth-order valence-electron chi connectivity index (χ4n) is 3.81. The molecule has 0 saturated carbocycles. The highest BCUT2D eigenvalue weighted by molar-refractivity contribution is 5.64. The Hall–Kier alpha value is -1.85. The van der Waals surface area contributed by atoms with Crippen LogP contribution in [0.4, 0.5) is 13.2 Å². The summed E-state index contributed by atoms with van der Waals surface area (Å²) in [5.41, 5.74) is 2.50. The van der Waals surface area contributed by atoms with E-state index in [0.717, 1.165) is 42.9 Å². The average Bonchev–Trinajstić information content (AvgIpc) is 3.14. The van der Waals surface area contributed by atoms with Crippen LogP contribution in [0.3, 0.4) is 0 Å². The number of hydrogen-bond acceptors (Lipinski definition) is 2. The van der Waals surface area contributed by atoms with Gasteiger partial charge in [0.2, 0.25) is 0 Å². The maximum absolute atomic E-state index is 12.7. The zero-order chi connectivity index (χ0) is 20.2. The molecule has 1 N–H and O–H groups in total. The zero-order valence-electron chi connectivity index (χ0n) is 16.6. The van der Waals surface area contributed by atoms with E-state index in [1.807, 2.05) is 24.3 Å². The smallest absolute Gasteiger partial charge is 0.312 e. The highest BCUT2D eigenvalue weighted by Gasteiger charge is 2.30. The van der Waals surface area contributed by atoms with Crippen LogP contribution in [0.1, 0.15) is 37.8 Å². The van der Waals surface area contributed by atoms with Crippen molar-refractivity contribution in [3.8, 4) is 11.1 Å². The van der Waals surface area contributed by atoms with Gasteiger partial charge in [-0.2, -0.15) is 13.2 Å². The summed E-state index contributed by atoms with van der Waals surface area (Å²) in [6, 6.07) is 13.3. The summed E-state index contributed by atoms with van der Waals surface area (Å²) in [5.74, 6) is 0. The van der Waals surface area contributed by atoms with Crippen LogP contribution in [0, 0.1) is 5.41 Å². The van der Waals surface area contributed by atoms with Gasteiger partial charge in [-0.05, 0) is 60.2 Å². The third kappa shape index (κ3) is 5.82. The van der Waals surface area contributed by atoms with Crippen LogP contribution in [-0.4, -0.2) is 31.1 Å². The van der Waals surface area contributed by atoms with Gasteiger partial charge in [-0.25, -0.2) is 0 Å². The second kappa shape index (κ2) is 8.66. The molecule has 5 heteroatoms. The van der Waals surface area contributed by atoms with Crippen molar-refractivity contribution in [2.45, 2.75) is 39.4 Å². The SMILES string of the molecule is CC(C)(CNCc1ccc(-c2ccc(C(F)(F)F)cc2)cc1)CN1CCCC1. The Balaban J connectivity index is 1.51. The van der Waals surface area contributed by atoms with Gasteiger partial charge in [0.1, 0.15) is 0 Å². The van der Waals surface area contributed by atoms with Crippen LogP contribution in [0.5, 0.6) is 0 Å². The Morgan fingerprint density at radius 3 is 1.93 bits per heavy atom. The lowest BCUT2D eigenvalue weighted by Crippen LogP contribution is -2.39. The van der Waals surface area contributed by atoms with E-state index >= 15 is 0 Å². The Kier molecular flexibility index (Phi) is 6.46. The van der Waals surface area contributed by atoms with Gasteiger partial charge in [0.05, 0.1) is 5.56 Å². The van der Waals surface area contributed by atoms with E-state index in [-0.39, 0.29) is 5.41 Å². The molecular weight excluding hydrogens is 361 g/mol. The lowest BCUT2D eigenvalue weighted by atomic mass is 9.92. The Bertz CT molecular complexity index is 743. The van der Waals surface area contributed by atoms with Crippen molar-refractivity contribution in [2.75, 3.05) is 26.2 Å². The van der Waals surface area contributed by atoms with Crippen LogP contribution in [0.15, 0.2) is 48.5 Å². The number of benzene rings is 2. The monoisotopic (exact) mass is 390 g/mol. The quantitative estimate of drug-likeness (QED) is 0.664. The molecule has 1 aliphatic rings. The van der Waals surface area contributed by atoms with Crippen molar-refractivity contribution >= 4 is 0 Å². The molecule has 3 rings (SSSR count). The number of rotatable bonds is 7. The number of hydrogen-bond donors (Lipinski definition) is 1. The van der Waals surface area contributed by atoms with Crippen molar-refractivity contribution in [3.05, 3.63) is 59.7 Å². The van der Waals surface area contributed by atoms with Crippen molar-refractivity contribution < 1.29 is 13.2 Å². The summed E-state index contributed by atoms with van der Waals surface area (Å²) in [4.78, 5) is 2.54. The zero-order valence-corrected chi connectivity index (χ0v) is 16.6. The first-order valence-electron chi connectivity index (χ1n) is 9.93. The molecule has 152 valence electrons. The first kappa shape index (κ1) is 20.9. The highest BCUT2D eigenvalue weighted by atomic mass is 19.4. The summed E-state index contributed by atoms with van der Waals surface area (Å²) < 4.78 is 38.0. The number of likely N-dealkylation sites (tertiary alicyclic amines) is 1. The molecular formula is C23H29F3N2. The molecule has 2 nitrogen and oxygen atoms in total. The van der Waals surface area contributed by atoms with Gasteiger partial charge in [-0.1, -0.05) is 50.2 Å². The number of nitrogens with one attached hydrogen (secondary N) is 1. The van der Waals surface area contributed by atoms with Gasteiger partial charge >= 0.3 is 6.18 Å². The fraction of sp³-hybridized carbons (Fsp3) is 0.478. The molecule has 0 radical (unpaired) electrons. The second-order valence-corrected chi connectivity index (χ2v) is 8.52. The molecule has 0 amide bonds. The summed E-state index contributed by atoms with van der Waals surface area (Å²) >= 11 is 0. The standard InChI is InChI=1S/C23H29F3N2/c1-22(2,17-28-13-3-4-14-28)16-27-15-18-5-7-19(8-6-18)20-9-11-21(12-10-20)23(24,25)26/h5-12,27H,3-4,13-17H2,1-2H3. The molecule has 0 aliphatic carbocycles. The number of halogens is 3. The van der Waals surface area contributed by atoms with Crippen molar-refractivity contribution in [3.63, 3.8) is 0 Å². The summed E-state index contributed by atoms with van der Waals surface area (Å²) in [5, 5.41) is 3.55. The summed E-state index contributed by atoms with van der Waals surface area (Å²) in [7, 11) is 0. The predicted molar refractivity (Wildman–Crippen MR) is 108 cm³/mol. The third-order valence-corrected chi connectivity index (χ3v) is 5.28. The molecule has 0 aromatic heterocycles. The molecule has 28 heavy (non-hydrogen) atoms. The molecule has 2 aromatic carbocycles. The van der Waals surface area contributed by atoms with E-state index in [4.69, 9.17) is 0 Å². The molecule has 1 heterocycles. The van der Waals surface area contributed by atoms with Crippen LogP contribution in [0.2, 0.25) is 0 Å². The van der Waals surface area contributed by atoms with Crippen molar-refractivity contribution in [1.29, 1.82) is 0 Å². The maximum Gasteiger partial charge on any atom is 0.416 e. The summed E-state index contributed by atoms with van der Waals surface area (Å²) in [6.07, 6.45) is -1.67. The molecule has 0 bridgehead atoms. The topological polar surface area (TPSA) is 15.3 Å². The van der Waals surface area contributed by atoms with Crippen LogP contribution >= 0.6 is 0 Å². The van der Waals surface area contributed by atoms with Crippen LogP contribution in [0.25, 0.3) is 11.1 Å². The molecule has 1 saturated heterocycles. The lowest BCUT2D eigenvalue weighted by Gasteiger charge is -2.30. The Morgan fingerprint density at radius 1 is 0.857 bits per heavy atom. The molecule has 0 atom stereocenters. The second-order valence-electron chi connectivity index (χ2n) is 8.52. The molecule has 0 unspecified atom stereocenters. The van der Waals surface area contributed by atoms with E-state index in [9.17, 15) is 13.2 Å². The van der Waals surface area contributed by atoms with E-state index < -0.39 is 11.7 Å². The molecule has 0 spiro atoms. The molecule has 1 aliphatic heterocycles. The van der Waals surface area contributed by atoms with E-state index in [1.54, 1.807) is 0 Å². The van der Waals surface area contributed by atoms with Crippen LogP contribution in [-0.2, 0) is 12.7 Å². The van der Waals surface area contributed by atoms with Gasteiger partial charge in [0, 0.05) is 19.6 Å². The fourth-order valence-corrected chi connectivity index (χ4v) is 3.81. The third-order valence-electron chi connectivity index (χ3n) is 5.28. The summed E-state index contributed by atoms with van der Waals surface area (Å²) in [6.45, 7) is 9.88. The van der Waals surface area contributed by atoms with Gasteiger partial charge < -0.3 is 10.2 Å².